The minimum Gasteiger partial charge on any atom is -0.491 e. The summed E-state index contributed by atoms with van der Waals surface area (Å²) in [6.07, 6.45) is -1.64. The molecule has 0 unspecified atom stereocenters. The largest absolute Gasteiger partial charge is 0.491 e. The van der Waals surface area contributed by atoms with E-state index in [0.29, 0.717) is 10.8 Å². The molecule has 10 nitrogen and oxygen atoms in total. The molecule has 3 aromatic rings. The third-order valence-corrected chi connectivity index (χ3v) is 4.46. The number of halogens is 1. The van der Waals surface area contributed by atoms with Crippen molar-refractivity contribution in [2.45, 2.75) is 25.7 Å². The Balaban J connectivity index is 1.88. The van der Waals surface area contributed by atoms with Crippen molar-refractivity contribution >= 4 is 28.7 Å². The second-order valence-corrected chi connectivity index (χ2v) is 7.12. The molecule has 0 fully saturated rings. The number of aryl methyl sites for hydroxylation is 1. The lowest BCUT2D eigenvalue weighted by atomic mass is 10.3. The lowest BCUT2D eigenvalue weighted by Gasteiger charge is -2.16. The molecule has 0 saturated carbocycles. The van der Waals surface area contributed by atoms with E-state index in [9.17, 15) is 19.8 Å². The van der Waals surface area contributed by atoms with Gasteiger partial charge in [-0.1, -0.05) is 11.6 Å². The van der Waals surface area contributed by atoms with E-state index in [4.69, 9.17) is 16.3 Å². The molecular formula is C18H22ClN5O5. The van der Waals surface area contributed by atoms with Gasteiger partial charge in [-0.3, -0.25) is 14.3 Å². The molecule has 2 atom stereocenters. The number of nitrogens with zero attached hydrogens (tertiary/aromatic N) is 3. The van der Waals surface area contributed by atoms with Crippen molar-refractivity contribution < 1.29 is 14.9 Å². The lowest BCUT2D eigenvalue weighted by molar-refractivity contribution is 0.0938. The van der Waals surface area contributed by atoms with Gasteiger partial charge in [-0.2, -0.15) is 4.98 Å². The van der Waals surface area contributed by atoms with Crippen molar-refractivity contribution in [2.75, 3.05) is 18.5 Å². The molecule has 2 heterocycles. The molecule has 11 heteroatoms. The third kappa shape index (κ3) is 4.78. The molecule has 1 aromatic carbocycles. The summed E-state index contributed by atoms with van der Waals surface area (Å²) in [4.78, 5) is 30.8. The van der Waals surface area contributed by atoms with Crippen LogP contribution in [0.3, 0.4) is 0 Å². The van der Waals surface area contributed by atoms with Crippen LogP contribution in [0.2, 0.25) is 5.02 Å². The topological polar surface area (TPSA) is 134 Å². The van der Waals surface area contributed by atoms with Crippen LogP contribution in [0, 0.1) is 0 Å². The minimum atomic E-state index is -0.980. The Hall–Kier alpha value is -2.82. The number of hydrogen-bond acceptors (Lipinski definition) is 7. The number of benzene rings is 1. The zero-order valence-electron chi connectivity index (χ0n) is 15.9. The second-order valence-electron chi connectivity index (χ2n) is 6.69. The zero-order chi connectivity index (χ0) is 21.1. The van der Waals surface area contributed by atoms with Crippen LogP contribution >= 0.6 is 11.6 Å². The fourth-order valence-corrected chi connectivity index (χ4v) is 2.90. The van der Waals surface area contributed by atoms with E-state index in [-0.39, 0.29) is 36.8 Å². The standard InChI is InChI=1S/C18H22ClN5O5/c1-10(25)7-20-17-21-15-14(16(27)22-18(28)23(15)2)24(17)8-12(26)9-29-13-5-3-11(19)4-6-13/h3-6,10,12,25-26H,7-9H2,1-2H3,(H,20,21)(H,22,27,28)/t10-,12+/m1/s1. The quantitative estimate of drug-likeness (QED) is 0.409. The van der Waals surface area contributed by atoms with Crippen molar-refractivity contribution in [3.63, 3.8) is 0 Å². The Morgan fingerprint density at radius 3 is 2.62 bits per heavy atom. The molecule has 156 valence electrons. The number of ether oxygens (including phenoxy) is 1. The van der Waals surface area contributed by atoms with Gasteiger partial charge >= 0.3 is 5.69 Å². The maximum absolute atomic E-state index is 12.4. The van der Waals surface area contributed by atoms with Crippen molar-refractivity contribution in [3.8, 4) is 5.75 Å². The molecule has 2 aromatic heterocycles. The molecule has 0 radical (unpaired) electrons. The number of nitrogens with one attached hydrogen (secondary N) is 2. The van der Waals surface area contributed by atoms with Crippen molar-refractivity contribution in [1.29, 1.82) is 0 Å². The molecule has 0 saturated heterocycles. The predicted molar refractivity (Wildman–Crippen MR) is 109 cm³/mol. The van der Waals surface area contributed by atoms with Crippen LogP contribution in [0.5, 0.6) is 5.75 Å². The Morgan fingerprint density at radius 1 is 1.28 bits per heavy atom. The smallest absolute Gasteiger partial charge is 0.329 e. The van der Waals surface area contributed by atoms with Gasteiger partial charge in [0.15, 0.2) is 11.2 Å². The van der Waals surface area contributed by atoms with Crippen LogP contribution in [0.15, 0.2) is 33.9 Å². The van der Waals surface area contributed by atoms with Gasteiger partial charge in [-0.15, -0.1) is 0 Å². The van der Waals surface area contributed by atoms with E-state index in [0.717, 1.165) is 0 Å². The van der Waals surface area contributed by atoms with Gasteiger partial charge < -0.3 is 24.8 Å². The number of fused-ring (bicyclic) bond motifs is 1. The summed E-state index contributed by atoms with van der Waals surface area (Å²) >= 11 is 5.84. The molecule has 0 amide bonds. The number of aromatic nitrogens is 4. The number of aliphatic hydroxyl groups is 2. The first-order valence-electron chi connectivity index (χ1n) is 8.94. The van der Waals surface area contributed by atoms with Crippen LogP contribution in [0.4, 0.5) is 5.95 Å². The van der Waals surface area contributed by atoms with Gasteiger partial charge in [0, 0.05) is 18.6 Å². The first-order valence-corrected chi connectivity index (χ1v) is 9.32. The van der Waals surface area contributed by atoms with Crippen LogP contribution in [0.1, 0.15) is 6.92 Å². The number of rotatable bonds is 8. The summed E-state index contributed by atoms with van der Waals surface area (Å²) in [5.41, 5.74) is -0.921. The zero-order valence-corrected chi connectivity index (χ0v) is 16.7. The Kier molecular flexibility index (Phi) is 6.26. The number of imidazole rings is 1. The lowest BCUT2D eigenvalue weighted by Crippen LogP contribution is -2.31. The van der Waals surface area contributed by atoms with Gasteiger partial charge in [0.1, 0.15) is 18.5 Å². The molecule has 0 bridgehead atoms. The molecule has 0 spiro atoms. The molecular weight excluding hydrogens is 402 g/mol. The van der Waals surface area contributed by atoms with Crippen LogP contribution in [0.25, 0.3) is 11.2 Å². The van der Waals surface area contributed by atoms with Crippen molar-refractivity contribution in [3.05, 3.63) is 50.1 Å². The summed E-state index contributed by atoms with van der Waals surface area (Å²) < 4.78 is 8.22. The number of anilines is 1. The highest BCUT2D eigenvalue weighted by molar-refractivity contribution is 6.30. The van der Waals surface area contributed by atoms with Gasteiger partial charge in [0.25, 0.3) is 5.56 Å². The minimum absolute atomic E-state index is 0.0203. The average molecular weight is 424 g/mol. The maximum Gasteiger partial charge on any atom is 0.329 e. The SMILES string of the molecule is C[C@@H](O)CNc1nc2c(c(=O)[nH]c(=O)n2C)n1C[C@H](O)COc1ccc(Cl)cc1. The Morgan fingerprint density at radius 2 is 1.97 bits per heavy atom. The first kappa shape index (κ1) is 20.9. The first-order chi connectivity index (χ1) is 13.8. The van der Waals surface area contributed by atoms with Gasteiger partial charge in [0.05, 0.1) is 12.6 Å². The highest BCUT2D eigenvalue weighted by atomic mass is 35.5. The van der Waals surface area contributed by atoms with Crippen LogP contribution < -0.4 is 21.3 Å². The number of H-pyrrole nitrogens is 1. The second kappa shape index (κ2) is 8.68. The Labute approximate surface area is 170 Å². The summed E-state index contributed by atoms with van der Waals surface area (Å²) in [6, 6.07) is 6.70. The molecule has 3 rings (SSSR count). The summed E-state index contributed by atoms with van der Waals surface area (Å²) in [5, 5.41) is 23.5. The van der Waals surface area contributed by atoms with Gasteiger partial charge in [-0.05, 0) is 31.2 Å². The fourth-order valence-electron chi connectivity index (χ4n) is 2.77. The molecule has 29 heavy (non-hydrogen) atoms. The third-order valence-electron chi connectivity index (χ3n) is 4.21. The highest BCUT2D eigenvalue weighted by Gasteiger charge is 2.20. The van der Waals surface area contributed by atoms with Gasteiger partial charge in [-0.25, -0.2) is 4.79 Å². The summed E-state index contributed by atoms with van der Waals surface area (Å²) in [5.74, 6) is 0.787. The van der Waals surface area contributed by atoms with Crippen LogP contribution in [-0.2, 0) is 13.6 Å². The highest BCUT2D eigenvalue weighted by Crippen LogP contribution is 2.18. The number of hydrogen-bond donors (Lipinski definition) is 4. The predicted octanol–water partition coefficient (Wildman–Crippen LogP) is 0.309. The van der Waals surface area contributed by atoms with E-state index >= 15 is 0 Å². The summed E-state index contributed by atoms with van der Waals surface area (Å²) in [6.45, 7) is 1.71. The van der Waals surface area contributed by atoms with Gasteiger partial charge in [0.2, 0.25) is 5.95 Å². The van der Waals surface area contributed by atoms with E-state index in [1.54, 1.807) is 31.2 Å². The van der Waals surface area contributed by atoms with Crippen molar-refractivity contribution in [2.24, 2.45) is 7.05 Å². The monoisotopic (exact) mass is 423 g/mol. The van der Waals surface area contributed by atoms with E-state index in [1.807, 2.05) is 0 Å². The fraction of sp³-hybridized carbons (Fsp3) is 0.389. The number of aromatic amines is 1. The number of aliphatic hydroxyl groups excluding tert-OH is 2. The normalized spacial score (nSPS) is 13.4. The Bertz CT molecular complexity index is 1100. The average Bonchev–Trinajstić information content (AvgIpc) is 3.03. The van der Waals surface area contributed by atoms with Crippen molar-refractivity contribution in [1.82, 2.24) is 19.1 Å². The molecule has 0 aliphatic heterocycles. The maximum atomic E-state index is 12.4. The van der Waals surface area contributed by atoms with Crippen LogP contribution in [-0.4, -0.2) is 54.7 Å². The molecule has 0 aliphatic carbocycles. The van der Waals surface area contributed by atoms with E-state index in [1.165, 1.54) is 16.2 Å². The van der Waals surface area contributed by atoms with E-state index < -0.39 is 23.5 Å². The van der Waals surface area contributed by atoms with E-state index in [2.05, 4.69) is 15.3 Å². The summed E-state index contributed by atoms with van der Waals surface area (Å²) in [7, 11) is 1.48. The molecule has 0 aliphatic rings. The molecule has 4 N–H and O–H groups in total.